The molecule has 50 valence electrons. The topological polar surface area (TPSA) is 34.1 Å². The molecule has 2 nitrogen and oxygen atoms in total. The van der Waals surface area contributed by atoms with Crippen molar-refractivity contribution in [1.29, 1.82) is 0 Å². The van der Waals surface area contributed by atoms with Crippen LogP contribution in [-0.4, -0.2) is 10.2 Å². The van der Waals surface area contributed by atoms with Gasteiger partial charge in [0.1, 0.15) is 0 Å². The molecule has 0 aliphatic carbocycles. The van der Waals surface area contributed by atoms with Crippen molar-refractivity contribution < 1.29 is 40.6 Å². The number of hydrogen-bond donors (Lipinski definition) is 2. The van der Waals surface area contributed by atoms with Crippen LogP contribution in [0, 0.1) is 0 Å². The molecule has 0 unspecified atom stereocenters. The van der Waals surface area contributed by atoms with Gasteiger partial charge in [0.25, 0.3) is 0 Å². The van der Waals surface area contributed by atoms with Gasteiger partial charge in [-0.2, -0.15) is 0 Å². The Bertz CT molecular complexity index is 79.3. The van der Waals surface area contributed by atoms with Crippen LogP contribution in [0.4, 0.5) is 0 Å². The number of carbonyl (C=O) groups excluding carboxylic acids is 2. The minimum absolute atomic E-state index is 0. The summed E-state index contributed by atoms with van der Waals surface area (Å²) in [7, 11) is 0. The zero-order valence-corrected chi connectivity index (χ0v) is 9.50. The maximum Gasteiger partial charge on any atom is 1.00 e. The molecule has 0 bridgehead atoms. The van der Waals surface area contributed by atoms with Gasteiger partial charge in [-0.15, -0.1) is 25.3 Å². The molecule has 0 saturated carbocycles. The van der Waals surface area contributed by atoms with Gasteiger partial charge >= 0.3 is 29.6 Å². The van der Waals surface area contributed by atoms with Crippen LogP contribution in [0.15, 0.2) is 0 Å². The van der Waals surface area contributed by atoms with Crippen LogP contribution in [0.1, 0.15) is 15.3 Å². The first kappa shape index (κ1) is 16.6. The Labute approximate surface area is 89.4 Å². The van der Waals surface area contributed by atoms with E-state index in [0.717, 1.165) is 0 Å². The average Bonchev–Trinajstić information content (AvgIpc) is 1.25. The summed E-state index contributed by atoms with van der Waals surface area (Å²) < 4.78 is 0. The minimum Gasteiger partial charge on any atom is -1.00 e. The second kappa shape index (κ2) is 11.8. The molecular weight excluding hydrogens is 167 g/mol. The van der Waals surface area contributed by atoms with E-state index in [9.17, 15) is 9.59 Å². The van der Waals surface area contributed by atoms with E-state index in [4.69, 9.17) is 0 Å². The van der Waals surface area contributed by atoms with E-state index in [1.165, 1.54) is 13.8 Å². The molecule has 0 aromatic heterocycles. The maximum atomic E-state index is 9.31. The van der Waals surface area contributed by atoms with E-state index in [0.29, 0.717) is 0 Å². The van der Waals surface area contributed by atoms with Gasteiger partial charge in [0.05, 0.1) is 0 Å². The quantitative estimate of drug-likeness (QED) is 0.332. The fraction of sp³-hybridized carbons (Fsp3) is 0.500. The normalized spacial score (nSPS) is 5.78. The Morgan fingerprint density at radius 3 is 1.11 bits per heavy atom. The SMILES string of the molecule is CC(=O)S.CC(=O)S.[H-].[Na+]. The van der Waals surface area contributed by atoms with Crippen molar-refractivity contribution in [1.82, 2.24) is 0 Å². The van der Waals surface area contributed by atoms with E-state index < -0.39 is 0 Å². The van der Waals surface area contributed by atoms with Crippen molar-refractivity contribution in [3.05, 3.63) is 0 Å². The van der Waals surface area contributed by atoms with Crippen LogP contribution in [0.3, 0.4) is 0 Å². The smallest absolute Gasteiger partial charge is 1.00 e. The first-order valence-electron chi connectivity index (χ1n) is 1.86. The van der Waals surface area contributed by atoms with Crippen molar-refractivity contribution >= 4 is 35.5 Å². The molecule has 0 heterocycles. The average molecular weight is 176 g/mol. The summed E-state index contributed by atoms with van der Waals surface area (Å²) in [5.41, 5.74) is 0. The third-order valence-electron chi connectivity index (χ3n) is 0. The van der Waals surface area contributed by atoms with Crippen LogP contribution in [0.5, 0.6) is 0 Å². The third kappa shape index (κ3) is 414. The molecule has 0 atom stereocenters. The summed E-state index contributed by atoms with van der Waals surface area (Å²) in [4.78, 5) is 18.6. The van der Waals surface area contributed by atoms with Gasteiger partial charge in [-0.05, 0) is 0 Å². The molecule has 0 spiro atoms. The van der Waals surface area contributed by atoms with Gasteiger partial charge < -0.3 is 1.43 Å². The molecule has 0 aliphatic rings. The summed E-state index contributed by atoms with van der Waals surface area (Å²) >= 11 is 6.65. The number of thiol groups is 2. The fourth-order valence-corrected chi connectivity index (χ4v) is 0. The monoisotopic (exact) mass is 176 g/mol. The van der Waals surface area contributed by atoms with E-state index in [1.807, 2.05) is 0 Å². The van der Waals surface area contributed by atoms with Crippen molar-refractivity contribution in [2.45, 2.75) is 13.8 Å². The molecule has 9 heavy (non-hydrogen) atoms. The molecule has 0 fully saturated rings. The van der Waals surface area contributed by atoms with Crippen molar-refractivity contribution in [2.75, 3.05) is 0 Å². The van der Waals surface area contributed by atoms with Crippen molar-refractivity contribution in [3.63, 3.8) is 0 Å². The molecule has 0 amide bonds. The van der Waals surface area contributed by atoms with E-state index in [-0.39, 0.29) is 41.2 Å². The summed E-state index contributed by atoms with van der Waals surface area (Å²) in [5.74, 6) is 0. The van der Waals surface area contributed by atoms with E-state index in [1.54, 1.807) is 0 Å². The Hall–Kier alpha value is 1.04. The fourth-order valence-electron chi connectivity index (χ4n) is 0. The zero-order chi connectivity index (χ0) is 7.15. The predicted octanol–water partition coefficient (Wildman–Crippen LogP) is -1.96. The van der Waals surface area contributed by atoms with Gasteiger partial charge in [-0.3, -0.25) is 9.59 Å². The third-order valence-corrected chi connectivity index (χ3v) is 0. The largest absolute Gasteiger partial charge is 1.00 e. The second-order valence-electron chi connectivity index (χ2n) is 1.04. The van der Waals surface area contributed by atoms with Gasteiger partial charge in [0.15, 0.2) is 10.2 Å². The van der Waals surface area contributed by atoms with Crippen LogP contribution in [0.25, 0.3) is 0 Å². The Morgan fingerprint density at radius 1 is 1.11 bits per heavy atom. The molecule has 0 radical (unpaired) electrons. The van der Waals surface area contributed by atoms with E-state index in [2.05, 4.69) is 25.3 Å². The van der Waals surface area contributed by atoms with Crippen LogP contribution in [-0.2, 0) is 9.59 Å². The first-order chi connectivity index (χ1) is 3.46. The van der Waals surface area contributed by atoms with E-state index >= 15 is 0 Å². The molecule has 0 saturated heterocycles. The molecule has 0 aromatic carbocycles. The van der Waals surface area contributed by atoms with Crippen LogP contribution in [0.2, 0.25) is 0 Å². The summed E-state index contributed by atoms with van der Waals surface area (Å²) in [6.07, 6.45) is 0. The van der Waals surface area contributed by atoms with Crippen molar-refractivity contribution in [2.24, 2.45) is 0 Å². The predicted molar refractivity (Wildman–Crippen MR) is 40.4 cm³/mol. The molecule has 0 N–H and O–H groups in total. The summed E-state index contributed by atoms with van der Waals surface area (Å²) in [6.45, 7) is 2.78. The molecule has 0 rings (SSSR count). The summed E-state index contributed by atoms with van der Waals surface area (Å²) in [6, 6.07) is 0. The number of hydrogen-bond acceptors (Lipinski definition) is 2. The molecular formula is C4H9NaO2S2. The summed E-state index contributed by atoms with van der Waals surface area (Å²) in [5, 5.41) is -0.278. The Balaban J connectivity index is -0.0000000300. The van der Waals surface area contributed by atoms with Gasteiger partial charge in [-0.1, -0.05) is 0 Å². The number of carbonyl (C=O) groups is 2. The zero-order valence-electron chi connectivity index (χ0n) is 6.71. The standard InChI is InChI=1S/2C2H4OS.Na.H/c2*1-2(3)4;;/h2*1H3,(H,3,4);;/q;;+1;-1. The van der Waals surface area contributed by atoms with Crippen molar-refractivity contribution in [3.8, 4) is 0 Å². The number of rotatable bonds is 0. The van der Waals surface area contributed by atoms with Crippen LogP contribution < -0.4 is 29.6 Å². The molecule has 0 aliphatic heterocycles. The first-order valence-corrected chi connectivity index (χ1v) is 2.75. The maximum absolute atomic E-state index is 9.31. The second-order valence-corrected chi connectivity index (χ2v) is 2.30. The molecule has 0 aromatic rings. The van der Waals surface area contributed by atoms with Gasteiger partial charge in [0, 0.05) is 13.8 Å². The molecule has 5 heteroatoms. The Kier molecular flexibility index (Phi) is 21.7. The Morgan fingerprint density at radius 2 is 1.11 bits per heavy atom. The minimum atomic E-state index is -0.139. The van der Waals surface area contributed by atoms with Crippen LogP contribution >= 0.6 is 25.3 Å². The van der Waals surface area contributed by atoms with Gasteiger partial charge in [-0.25, -0.2) is 0 Å². The van der Waals surface area contributed by atoms with Gasteiger partial charge in [0.2, 0.25) is 0 Å².